The molecule has 0 aliphatic rings. The van der Waals surface area contributed by atoms with Crippen LogP contribution in [-0.4, -0.2) is 41.9 Å². The first-order valence-corrected chi connectivity index (χ1v) is 7.36. The molecule has 5 heteroatoms. The summed E-state index contributed by atoms with van der Waals surface area (Å²) in [5, 5.41) is 8.66. The van der Waals surface area contributed by atoms with E-state index in [9.17, 15) is 9.18 Å². The topological polar surface area (TPSA) is 40.5 Å². The molecule has 0 spiro atoms. The van der Waals surface area contributed by atoms with Crippen LogP contribution >= 0.6 is 11.8 Å². The molecule has 0 aliphatic heterocycles. The Bertz CT molecular complexity index is 401. The number of carbonyl (C=O) groups is 1. The van der Waals surface area contributed by atoms with Gasteiger partial charge in [-0.15, -0.1) is 11.8 Å². The molecule has 106 valence electrons. The van der Waals surface area contributed by atoms with Crippen molar-refractivity contribution in [1.82, 2.24) is 4.90 Å². The molecule has 0 radical (unpaired) electrons. The molecular formula is C14H20FNO2S. The van der Waals surface area contributed by atoms with Gasteiger partial charge in [-0.05, 0) is 31.4 Å². The Kier molecular flexibility index (Phi) is 7.52. The number of halogens is 1. The van der Waals surface area contributed by atoms with Crippen molar-refractivity contribution in [2.45, 2.75) is 24.2 Å². The molecule has 0 atom stereocenters. The van der Waals surface area contributed by atoms with Crippen molar-refractivity contribution in [2.24, 2.45) is 0 Å². The second kappa shape index (κ2) is 8.93. The van der Waals surface area contributed by atoms with Gasteiger partial charge >= 0.3 is 0 Å². The van der Waals surface area contributed by atoms with Crippen molar-refractivity contribution in [3.05, 3.63) is 30.1 Å². The minimum Gasteiger partial charge on any atom is -0.396 e. The molecule has 0 fully saturated rings. The van der Waals surface area contributed by atoms with Gasteiger partial charge in [0.1, 0.15) is 5.82 Å². The molecule has 0 saturated heterocycles. The van der Waals surface area contributed by atoms with E-state index >= 15 is 0 Å². The summed E-state index contributed by atoms with van der Waals surface area (Å²) in [5.74, 6) is -0.0413. The smallest absolute Gasteiger partial charge is 0.232 e. The zero-order valence-electron chi connectivity index (χ0n) is 11.1. The third-order valence-electron chi connectivity index (χ3n) is 2.77. The third-order valence-corrected chi connectivity index (χ3v) is 3.80. The van der Waals surface area contributed by atoms with Gasteiger partial charge in [-0.2, -0.15) is 0 Å². The largest absolute Gasteiger partial charge is 0.396 e. The lowest BCUT2D eigenvalue weighted by molar-refractivity contribution is -0.127. The summed E-state index contributed by atoms with van der Waals surface area (Å²) in [4.78, 5) is 14.0. The molecule has 0 aliphatic carbocycles. The van der Waals surface area contributed by atoms with Crippen molar-refractivity contribution < 1.29 is 14.3 Å². The predicted octanol–water partition coefficient (Wildman–Crippen LogP) is 2.54. The minimum absolute atomic E-state index is 0.00254. The van der Waals surface area contributed by atoms with Crippen LogP contribution in [0.2, 0.25) is 0 Å². The monoisotopic (exact) mass is 285 g/mol. The molecule has 0 saturated carbocycles. The molecule has 3 nitrogen and oxygen atoms in total. The summed E-state index contributed by atoms with van der Waals surface area (Å²) < 4.78 is 13.4. The standard InChI is InChI=1S/C14H20FNO2S/c1-16(9-5-2-6-10-17)14(18)11-19-13-8-4-3-7-12(13)15/h3-4,7-8,17H,2,5-6,9-11H2,1H3. The first-order chi connectivity index (χ1) is 9.15. The highest BCUT2D eigenvalue weighted by atomic mass is 32.2. The lowest BCUT2D eigenvalue weighted by atomic mass is 10.2. The number of hydrogen-bond acceptors (Lipinski definition) is 3. The molecule has 0 bridgehead atoms. The highest BCUT2D eigenvalue weighted by Gasteiger charge is 2.10. The molecule has 0 heterocycles. The normalized spacial score (nSPS) is 10.5. The van der Waals surface area contributed by atoms with Gasteiger partial charge < -0.3 is 10.0 Å². The highest BCUT2D eigenvalue weighted by molar-refractivity contribution is 8.00. The van der Waals surface area contributed by atoms with Gasteiger partial charge in [0.25, 0.3) is 0 Å². The van der Waals surface area contributed by atoms with Crippen LogP contribution in [-0.2, 0) is 4.79 Å². The molecule has 1 rings (SSSR count). The SMILES string of the molecule is CN(CCCCCO)C(=O)CSc1ccccc1F. The fraction of sp³-hybridized carbons (Fsp3) is 0.500. The maximum Gasteiger partial charge on any atom is 0.232 e. The number of unbranched alkanes of at least 4 members (excludes halogenated alkanes) is 2. The number of amides is 1. The number of rotatable bonds is 8. The van der Waals surface area contributed by atoms with Gasteiger partial charge in [0.05, 0.1) is 5.75 Å². The van der Waals surface area contributed by atoms with E-state index in [2.05, 4.69) is 0 Å². The van der Waals surface area contributed by atoms with E-state index in [1.807, 2.05) is 0 Å². The number of aliphatic hydroxyl groups excluding tert-OH is 1. The summed E-state index contributed by atoms with van der Waals surface area (Å²) >= 11 is 1.22. The Morgan fingerprint density at radius 1 is 1.32 bits per heavy atom. The summed E-state index contributed by atoms with van der Waals surface area (Å²) in [6, 6.07) is 6.46. The Balaban J connectivity index is 2.28. The van der Waals surface area contributed by atoms with Gasteiger partial charge in [-0.25, -0.2) is 4.39 Å². The molecule has 0 aromatic heterocycles. The Morgan fingerprint density at radius 2 is 2.05 bits per heavy atom. The number of benzene rings is 1. The number of aliphatic hydroxyl groups is 1. The number of carbonyl (C=O) groups excluding carboxylic acids is 1. The molecular weight excluding hydrogens is 265 g/mol. The summed E-state index contributed by atoms with van der Waals surface area (Å²) in [7, 11) is 1.75. The second-order valence-corrected chi connectivity index (χ2v) is 5.34. The van der Waals surface area contributed by atoms with E-state index in [1.54, 1.807) is 30.1 Å². The molecule has 0 unspecified atom stereocenters. The number of nitrogens with zero attached hydrogens (tertiary/aromatic N) is 1. The van der Waals surface area contributed by atoms with E-state index in [0.29, 0.717) is 11.4 Å². The molecule has 1 amide bonds. The fourth-order valence-electron chi connectivity index (χ4n) is 1.57. The average molecular weight is 285 g/mol. The number of hydrogen-bond donors (Lipinski definition) is 1. The Morgan fingerprint density at radius 3 is 2.74 bits per heavy atom. The Labute approximate surface area is 117 Å². The van der Waals surface area contributed by atoms with Crippen LogP contribution in [0.25, 0.3) is 0 Å². The van der Waals surface area contributed by atoms with Crippen LogP contribution in [0.3, 0.4) is 0 Å². The first-order valence-electron chi connectivity index (χ1n) is 6.37. The van der Waals surface area contributed by atoms with Crippen LogP contribution in [0.1, 0.15) is 19.3 Å². The zero-order chi connectivity index (χ0) is 14.1. The first kappa shape index (κ1) is 16.0. The summed E-state index contributed by atoms with van der Waals surface area (Å²) in [6.07, 6.45) is 2.56. The van der Waals surface area contributed by atoms with E-state index in [1.165, 1.54) is 17.8 Å². The van der Waals surface area contributed by atoms with Crippen molar-refractivity contribution in [3.8, 4) is 0 Å². The molecule has 1 aromatic rings. The predicted molar refractivity (Wildman–Crippen MR) is 75.7 cm³/mol. The van der Waals surface area contributed by atoms with Crippen molar-refractivity contribution in [1.29, 1.82) is 0 Å². The van der Waals surface area contributed by atoms with Crippen LogP contribution in [0, 0.1) is 5.82 Å². The van der Waals surface area contributed by atoms with Gasteiger partial charge in [0.15, 0.2) is 0 Å². The minimum atomic E-state index is -0.286. The van der Waals surface area contributed by atoms with Gasteiger partial charge in [-0.1, -0.05) is 12.1 Å². The average Bonchev–Trinajstić information content (AvgIpc) is 2.42. The summed E-state index contributed by atoms with van der Waals surface area (Å²) in [6.45, 7) is 0.872. The van der Waals surface area contributed by atoms with E-state index in [4.69, 9.17) is 5.11 Å². The van der Waals surface area contributed by atoms with Crippen molar-refractivity contribution >= 4 is 17.7 Å². The quantitative estimate of drug-likeness (QED) is 0.589. The third kappa shape index (κ3) is 6.07. The van der Waals surface area contributed by atoms with Gasteiger partial charge in [-0.3, -0.25) is 4.79 Å². The lowest BCUT2D eigenvalue weighted by Crippen LogP contribution is -2.29. The molecule has 19 heavy (non-hydrogen) atoms. The highest BCUT2D eigenvalue weighted by Crippen LogP contribution is 2.21. The van der Waals surface area contributed by atoms with Gasteiger partial charge in [0.2, 0.25) is 5.91 Å². The van der Waals surface area contributed by atoms with Crippen molar-refractivity contribution in [3.63, 3.8) is 0 Å². The van der Waals surface area contributed by atoms with E-state index in [-0.39, 0.29) is 24.1 Å². The van der Waals surface area contributed by atoms with Crippen LogP contribution < -0.4 is 0 Å². The van der Waals surface area contributed by atoms with Crippen molar-refractivity contribution in [2.75, 3.05) is 26.0 Å². The number of thioether (sulfide) groups is 1. The zero-order valence-corrected chi connectivity index (χ0v) is 12.0. The Hall–Kier alpha value is -1.07. The van der Waals surface area contributed by atoms with E-state index < -0.39 is 0 Å². The fourth-order valence-corrected chi connectivity index (χ4v) is 2.45. The summed E-state index contributed by atoms with van der Waals surface area (Å²) in [5.41, 5.74) is 0. The second-order valence-electron chi connectivity index (χ2n) is 4.32. The molecule has 1 aromatic carbocycles. The van der Waals surface area contributed by atoms with Crippen LogP contribution in [0.15, 0.2) is 29.2 Å². The van der Waals surface area contributed by atoms with Gasteiger partial charge in [0, 0.05) is 25.1 Å². The van der Waals surface area contributed by atoms with Crippen LogP contribution in [0.5, 0.6) is 0 Å². The van der Waals surface area contributed by atoms with E-state index in [0.717, 1.165) is 19.3 Å². The lowest BCUT2D eigenvalue weighted by Gasteiger charge is -2.16. The maximum absolute atomic E-state index is 13.4. The maximum atomic E-state index is 13.4. The molecule has 1 N–H and O–H groups in total. The van der Waals surface area contributed by atoms with Crippen LogP contribution in [0.4, 0.5) is 4.39 Å².